The fourth-order valence-corrected chi connectivity index (χ4v) is 2.39. The standard InChI is InChI=1S/C14H18F2N2O2/c1-8-2-4-10(5-3-8)20-13-11(15)6-9(7-12(13)16)14(17)18-19/h6-8,10,19H,2-5H2,1H3,(H2,17,18). The Balaban J connectivity index is 2.16. The SMILES string of the molecule is CC1CCC(Oc2c(F)cc(C(N)=NO)cc2F)CC1. The average molecular weight is 284 g/mol. The Bertz CT molecular complexity index is 489. The molecule has 0 bridgehead atoms. The maximum absolute atomic E-state index is 13.9. The van der Waals surface area contributed by atoms with E-state index < -0.39 is 11.6 Å². The molecule has 6 heteroatoms. The number of oxime groups is 1. The average Bonchev–Trinajstić information content (AvgIpc) is 2.43. The molecule has 1 aliphatic rings. The van der Waals surface area contributed by atoms with E-state index in [4.69, 9.17) is 15.7 Å². The van der Waals surface area contributed by atoms with Gasteiger partial charge in [0.05, 0.1) is 6.10 Å². The summed E-state index contributed by atoms with van der Waals surface area (Å²) in [5, 5.41) is 11.2. The summed E-state index contributed by atoms with van der Waals surface area (Å²) in [4.78, 5) is 0. The second-order valence-electron chi connectivity index (χ2n) is 5.25. The Labute approximate surface area is 116 Å². The van der Waals surface area contributed by atoms with Crippen molar-refractivity contribution in [2.75, 3.05) is 0 Å². The monoisotopic (exact) mass is 284 g/mol. The predicted molar refractivity (Wildman–Crippen MR) is 70.9 cm³/mol. The van der Waals surface area contributed by atoms with Gasteiger partial charge in [0.25, 0.3) is 0 Å². The van der Waals surface area contributed by atoms with Crippen LogP contribution in [-0.4, -0.2) is 17.1 Å². The smallest absolute Gasteiger partial charge is 0.191 e. The molecule has 0 saturated heterocycles. The Morgan fingerprint density at radius 2 is 1.80 bits per heavy atom. The van der Waals surface area contributed by atoms with Crippen LogP contribution in [0.2, 0.25) is 0 Å². The molecule has 0 aromatic heterocycles. The first kappa shape index (κ1) is 14.6. The van der Waals surface area contributed by atoms with E-state index in [1.807, 2.05) is 0 Å². The lowest BCUT2D eigenvalue weighted by Crippen LogP contribution is -2.24. The molecule has 0 radical (unpaired) electrons. The first-order chi connectivity index (χ1) is 9.51. The predicted octanol–water partition coefficient (Wildman–Crippen LogP) is 3.02. The highest BCUT2D eigenvalue weighted by atomic mass is 19.1. The minimum Gasteiger partial charge on any atom is -0.484 e. The van der Waals surface area contributed by atoms with Crippen LogP contribution in [0.4, 0.5) is 8.78 Å². The van der Waals surface area contributed by atoms with Crippen molar-refractivity contribution in [3.05, 3.63) is 29.3 Å². The van der Waals surface area contributed by atoms with E-state index >= 15 is 0 Å². The molecule has 3 N–H and O–H groups in total. The quantitative estimate of drug-likeness (QED) is 0.388. The number of rotatable bonds is 3. The molecular formula is C14H18F2N2O2. The van der Waals surface area contributed by atoms with Gasteiger partial charge in [-0.3, -0.25) is 0 Å². The molecule has 1 aliphatic carbocycles. The summed E-state index contributed by atoms with van der Waals surface area (Å²) in [6, 6.07) is 2.00. The molecule has 1 fully saturated rings. The van der Waals surface area contributed by atoms with Crippen LogP contribution < -0.4 is 10.5 Å². The van der Waals surface area contributed by atoms with Crippen LogP contribution in [0.15, 0.2) is 17.3 Å². The number of nitrogens with zero attached hydrogens (tertiary/aromatic N) is 1. The number of nitrogens with two attached hydrogens (primary N) is 1. The van der Waals surface area contributed by atoms with Crippen molar-refractivity contribution in [2.24, 2.45) is 16.8 Å². The van der Waals surface area contributed by atoms with Gasteiger partial charge in [0.15, 0.2) is 23.2 Å². The number of halogens is 2. The highest BCUT2D eigenvalue weighted by Crippen LogP contribution is 2.30. The number of ether oxygens (including phenoxy) is 1. The first-order valence-corrected chi connectivity index (χ1v) is 6.65. The number of hydrogen-bond acceptors (Lipinski definition) is 3. The molecule has 0 aliphatic heterocycles. The van der Waals surface area contributed by atoms with Crippen LogP contribution in [0, 0.1) is 17.6 Å². The van der Waals surface area contributed by atoms with E-state index in [1.165, 1.54) is 0 Å². The molecular weight excluding hydrogens is 266 g/mol. The van der Waals surface area contributed by atoms with Crippen molar-refractivity contribution >= 4 is 5.84 Å². The Morgan fingerprint density at radius 3 is 2.30 bits per heavy atom. The maximum atomic E-state index is 13.9. The summed E-state index contributed by atoms with van der Waals surface area (Å²) in [5.41, 5.74) is 5.29. The molecule has 0 heterocycles. The van der Waals surface area contributed by atoms with E-state index in [1.54, 1.807) is 0 Å². The Kier molecular flexibility index (Phi) is 4.42. The van der Waals surface area contributed by atoms with Crippen molar-refractivity contribution in [1.29, 1.82) is 0 Å². The molecule has 20 heavy (non-hydrogen) atoms. The second-order valence-corrected chi connectivity index (χ2v) is 5.25. The highest BCUT2D eigenvalue weighted by Gasteiger charge is 2.23. The molecule has 0 unspecified atom stereocenters. The summed E-state index contributed by atoms with van der Waals surface area (Å²) >= 11 is 0. The van der Waals surface area contributed by atoms with E-state index in [0.29, 0.717) is 5.92 Å². The van der Waals surface area contributed by atoms with Gasteiger partial charge in [-0.15, -0.1) is 0 Å². The van der Waals surface area contributed by atoms with Crippen molar-refractivity contribution in [3.8, 4) is 5.75 Å². The maximum Gasteiger partial charge on any atom is 0.191 e. The van der Waals surface area contributed by atoms with Crippen molar-refractivity contribution < 1.29 is 18.7 Å². The second kappa shape index (κ2) is 6.07. The Hall–Kier alpha value is -1.85. The number of amidine groups is 1. The molecule has 0 amide bonds. The minimum atomic E-state index is -0.842. The van der Waals surface area contributed by atoms with Gasteiger partial charge < -0.3 is 15.7 Å². The molecule has 4 nitrogen and oxygen atoms in total. The summed E-state index contributed by atoms with van der Waals surface area (Å²) in [6.45, 7) is 2.16. The molecule has 0 spiro atoms. The normalized spacial score (nSPS) is 23.6. The molecule has 110 valence electrons. The number of benzene rings is 1. The molecule has 0 atom stereocenters. The topological polar surface area (TPSA) is 67.8 Å². The van der Waals surface area contributed by atoms with Gasteiger partial charge in [-0.2, -0.15) is 0 Å². The molecule has 1 saturated carbocycles. The molecule has 1 aromatic carbocycles. The lowest BCUT2D eigenvalue weighted by molar-refractivity contribution is 0.124. The van der Waals surface area contributed by atoms with Gasteiger partial charge in [-0.1, -0.05) is 12.1 Å². The summed E-state index contributed by atoms with van der Waals surface area (Å²) in [6.07, 6.45) is 3.42. The number of hydrogen-bond donors (Lipinski definition) is 2. The Morgan fingerprint density at radius 1 is 1.25 bits per heavy atom. The van der Waals surface area contributed by atoms with Gasteiger partial charge in [0.2, 0.25) is 0 Å². The van der Waals surface area contributed by atoms with Gasteiger partial charge in [0.1, 0.15) is 0 Å². The van der Waals surface area contributed by atoms with E-state index in [0.717, 1.165) is 37.8 Å². The van der Waals surface area contributed by atoms with Crippen molar-refractivity contribution in [3.63, 3.8) is 0 Å². The fraction of sp³-hybridized carbons (Fsp3) is 0.500. The third-order valence-corrected chi connectivity index (χ3v) is 3.65. The van der Waals surface area contributed by atoms with Crippen molar-refractivity contribution in [2.45, 2.75) is 38.7 Å². The summed E-state index contributed by atoms with van der Waals surface area (Å²) in [7, 11) is 0. The van der Waals surface area contributed by atoms with Gasteiger partial charge >= 0.3 is 0 Å². The van der Waals surface area contributed by atoms with E-state index in [-0.39, 0.29) is 23.3 Å². The van der Waals surface area contributed by atoms with Crippen LogP contribution in [0.5, 0.6) is 5.75 Å². The van der Waals surface area contributed by atoms with Crippen LogP contribution >= 0.6 is 0 Å². The van der Waals surface area contributed by atoms with Gasteiger partial charge in [-0.05, 0) is 43.7 Å². The minimum absolute atomic E-state index is 0.0212. The van der Waals surface area contributed by atoms with Crippen LogP contribution in [0.25, 0.3) is 0 Å². The van der Waals surface area contributed by atoms with E-state index in [2.05, 4.69) is 12.1 Å². The zero-order chi connectivity index (χ0) is 14.7. The largest absolute Gasteiger partial charge is 0.484 e. The third-order valence-electron chi connectivity index (χ3n) is 3.65. The lowest BCUT2D eigenvalue weighted by atomic mass is 9.89. The lowest BCUT2D eigenvalue weighted by Gasteiger charge is -2.27. The van der Waals surface area contributed by atoms with Gasteiger partial charge in [0, 0.05) is 5.56 Å². The first-order valence-electron chi connectivity index (χ1n) is 6.65. The van der Waals surface area contributed by atoms with E-state index in [9.17, 15) is 8.78 Å². The van der Waals surface area contributed by atoms with Crippen LogP contribution in [0.1, 0.15) is 38.2 Å². The van der Waals surface area contributed by atoms with Crippen LogP contribution in [0.3, 0.4) is 0 Å². The zero-order valence-corrected chi connectivity index (χ0v) is 11.3. The van der Waals surface area contributed by atoms with Crippen molar-refractivity contribution in [1.82, 2.24) is 0 Å². The fourth-order valence-electron chi connectivity index (χ4n) is 2.39. The van der Waals surface area contributed by atoms with Crippen LogP contribution in [-0.2, 0) is 0 Å². The van der Waals surface area contributed by atoms with Gasteiger partial charge in [-0.25, -0.2) is 8.78 Å². The summed E-state index contributed by atoms with van der Waals surface area (Å²) in [5.74, 6) is -1.79. The highest BCUT2D eigenvalue weighted by molar-refractivity contribution is 5.97. The zero-order valence-electron chi connectivity index (χ0n) is 11.3. The third kappa shape index (κ3) is 3.18. The molecule has 1 aromatic rings. The molecule has 2 rings (SSSR count). The summed E-state index contributed by atoms with van der Waals surface area (Å²) < 4.78 is 33.2.